The first-order chi connectivity index (χ1) is 16.3. The molecular weight excluding hydrogens is 528 g/mol. The van der Waals surface area contributed by atoms with E-state index >= 15 is 0 Å². The summed E-state index contributed by atoms with van der Waals surface area (Å²) in [5.41, 5.74) is -0.222. The SMILES string of the molecule is Cc1ccc(-c2cc(Cl)sc2S(=O)(=O)Nc2ccc(C(F)(F)F)c(O[C@@H]3CCN(C)C3)c2)cc1F. The molecule has 3 aromatic rings. The van der Waals surface area contributed by atoms with Crippen LogP contribution in [0.1, 0.15) is 17.5 Å². The van der Waals surface area contributed by atoms with E-state index in [0.717, 1.165) is 29.5 Å². The molecule has 1 fully saturated rings. The average molecular weight is 549 g/mol. The Bertz CT molecular complexity index is 1360. The van der Waals surface area contributed by atoms with E-state index < -0.39 is 39.4 Å². The minimum absolute atomic E-state index is 0.107. The molecule has 1 aromatic heterocycles. The van der Waals surface area contributed by atoms with Gasteiger partial charge in [0.2, 0.25) is 0 Å². The molecule has 4 rings (SSSR count). The number of sulfonamides is 1. The number of alkyl halides is 3. The Labute approximate surface area is 209 Å². The fourth-order valence-corrected chi connectivity index (χ4v) is 6.74. The summed E-state index contributed by atoms with van der Waals surface area (Å²) in [6.07, 6.45) is -4.58. The molecule has 1 atom stereocenters. The van der Waals surface area contributed by atoms with Gasteiger partial charge in [0, 0.05) is 24.7 Å². The lowest BCUT2D eigenvalue weighted by Crippen LogP contribution is -2.23. The summed E-state index contributed by atoms with van der Waals surface area (Å²) in [4.78, 5) is 1.93. The van der Waals surface area contributed by atoms with Crippen molar-refractivity contribution in [3.05, 3.63) is 63.7 Å². The third-order valence-corrected chi connectivity index (χ3v) is 8.76. The molecule has 0 aliphatic carbocycles. The molecule has 0 amide bonds. The van der Waals surface area contributed by atoms with Crippen molar-refractivity contribution in [2.24, 2.45) is 0 Å². The van der Waals surface area contributed by atoms with Gasteiger partial charge in [-0.25, -0.2) is 12.8 Å². The topological polar surface area (TPSA) is 58.6 Å². The van der Waals surface area contributed by atoms with Crippen LogP contribution >= 0.6 is 22.9 Å². The van der Waals surface area contributed by atoms with Crippen molar-refractivity contribution in [2.45, 2.75) is 29.8 Å². The molecule has 1 saturated heterocycles. The number of nitrogens with one attached hydrogen (secondary N) is 1. The predicted octanol–water partition coefficient (Wildman–Crippen LogP) is 6.42. The maximum absolute atomic E-state index is 14.1. The van der Waals surface area contributed by atoms with Gasteiger partial charge in [0.05, 0.1) is 15.6 Å². The summed E-state index contributed by atoms with van der Waals surface area (Å²) in [6.45, 7) is 2.71. The Kier molecular flexibility index (Phi) is 7.07. The van der Waals surface area contributed by atoms with E-state index in [0.29, 0.717) is 30.6 Å². The van der Waals surface area contributed by atoms with Crippen LogP contribution in [0.5, 0.6) is 5.75 Å². The minimum Gasteiger partial charge on any atom is -0.488 e. The Morgan fingerprint density at radius 3 is 2.54 bits per heavy atom. The fourth-order valence-electron chi connectivity index (χ4n) is 3.80. The summed E-state index contributed by atoms with van der Waals surface area (Å²) in [7, 11) is -2.44. The van der Waals surface area contributed by atoms with Gasteiger partial charge in [-0.3, -0.25) is 4.72 Å². The number of anilines is 1. The second-order valence-electron chi connectivity index (χ2n) is 8.32. The van der Waals surface area contributed by atoms with Gasteiger partial charge >= 0.3 is 6.18 Å². The summed E-state index contributed by atoms with van der Waals surface area (Å²) in [5.74, 6) is -0.966. The van der Waals surface area contributed by atoms with Gasteiger partial charge in [0.15, 0.2) is 0 Å². The number of ether oxygens (including phenoxy) is 1. The number of benzene rings is 2. The number of hydrogen-bond donors (Lipinski definition) is 1. The maximum atomic E-state index is 14.1. The third-order valence-electron chi connectivity index (χ3n) is 5.58. The molecule has 0 saturated carbocycles. The highest BCUT2D eigenvalue weighted by Gasteiger charge is 2.36. The van der Waals surface area contributed by atoms with Gasteiger partial charge in [-0.05, 0) is 55.8 Å². The van der Waals surface area contributed by atoms with Crippen LogP contribution in [0.15, 0.2) is 46.7 Å². The first-order valence-electron chi connectivity index (χ1n) is 10.5. The molecule has 2 heterocycles. The molecule has 0 bridgehead atoms. The Hall–Kier alpha value is -2.34. The zero-order valence-electron chi connectivity index (χ0n) is 18.6. The van der Waals surface area contributed by atoms with Crippen molar-refractivity contribution in [2.75, 3.05) is 24.9 Å². The van der Waals surface area contributed by atoms with E-state index in [1.54, 1.807) is 13.0 Å². The molecule has 188 valence electrons. The van der Waals surface area contributed by atoms with E-state index in [1.165, 1.54) is 18.2 Å². The number of halogens is 5. The fraction of sp³-hybridized carbons (Fsp3) is 0.304. The normalized spacial score (nSPS) is 17.1. The lowest BCUT2D eigenvalue weighted by Gasteiger charge is -2.19. The van der Waals surface area contributed by atoms with Crippen LogP contribution < -0.4 is 9.46 Å². The molecule has 0 unspecified atom stereocenters. The number of hydrogen-bond acceptors (Lipinski definition) is 5. The van der Waals surface area contributed by atoms with E-state index in [-0.39, 0.29) is 19.8 Å². The maximum Gasteiger partial charge on any atom is 0.419 e. The van der Waals surface area contributed by atoms with Gasteiger partial charge < -0.3 is 9.64 Å². The second kappa shape index (κ2) is 9.61. The molecular formula is C23H21ClF4N2O3S2. The summed E-state index contributed by atoms with van der Waals surface area (Å²) in [5, 5.41) is 0. The van der Waals surface area contributed by atoms with Crippen LogP contribution in [-0.4, -0.2) is 39.6 Å². The van der Waals surface area contributed by atoms with Crippen molar-refractivity contribution >= 4 is 38.6 Å². The third kappa shape index (κ3) is 5.74. The van der Waals surface area contributed by atoms with Crippen LogP contribution in [-0.2, 0) is 16.2 Å². The Morgan fingerprint density at radius 1 is 1.17 bits per heavy atom. The zero-order chi connectivity index (χ0) is 25.5. The van der Waals surface area contributed by atoms with Crippen molar-refractivity contribution in [1.29, 1.82) is 0 Å². The van der Waals surface area contributed by atoms with E-state index in [2.05, 4.69) is 4.72 Å². The highest BCUT2D eigenvalue weighted by molar-refractivity contribution is 7.94. The van der Waals surface area contributed by atoms with Gasteiger partial charge in [0.25, 0.3) is 10.0 Å². The van der Waals surface area contributed by atoms with Gasteiger partial charge in [-0.2, -0.15) is 13.2 Å². The molecule has 2 aromatic carbocycles. The first kappa shape index (κ1) is 25.7. The lowest BCUT2D eigenvalue weighted by atomic mass is 10.1. The predicted molar refractivity (Wildman–Crippen MR) is 128 cm³/mol. The smallest absolute Gasteiger partial charge is 0.419 e. The first-order valence-corrected chi connectivity index (χ1v) is 13.2. The van der Waals surface area contributed by atoms with Crippen LogP contribution in [0.2, 0.25) is 4.34 Å². The van der Waals surface area contributed by atoms with Crippen LogP contribution in [0, 0.1) is 12.7 Å². The molecule has 1 aliphatic rings. The van der Waals surface area contributed by atoms with Crippen molar-refractivity contribution < 1.29 is 30.7 Å². The van der Waals surface area contributed by atoms with E-state index in [4.69, 9.17) is 16.3 Å². The average Bonchev–Trinajstić information content (AvgIpc) is 3.35. The monoisotopic (exact) mass is 548 g/mol. The summed E-state index contributed by atoms with van der Waals surface area (Å²) < 4.78 is 89.2. The number of rotatable bonds is 6. The molecule has 0 radical (unpaired) electrons. The van der Waals surface area contributed by atoms with Crippen LogP contribution in [0.3, 0.4) is 0 Å². The molecule has 1 aliphatic heterocycles. The van der Waals surface area contributed by atoms with Crippen molar-refractivity contribution in [1.82, 2.24) is 4.90 Å². The van der Waals surface area contributed by atoms with Gasteiger partial charge in [-0.15, -0.1) is 11.3 Å². The van der Waals surface area contributed by atoms with Crippen LogP contribution in [0.25, 0.3) is 11.1 Å². The standard InChI is InChI=1S/C23H21ClF4N2O3S2/c1-13-3-4-14(9-19(13)25)17-11-21(24)34-22(17)35(31,32)29-15-5-6-18(23(26,27)28)20(10-15)33-16-7-8-30(2)12-16/h3-6,9-11,16,29H,7-8,12H2,1-2H3/t16-/m1/s1. The quantitative estimate of drug-likeness (QED) is 0.361. The summed E-state index contributed by atoms with van der Waals surface area (Å²) in [6, 6.07) is 8.52. The lowest BCUT2D eigenvalue weighted by molar-refractivity contribution is -0.139. The highest BCUT2D eigenvalue weighted by atomic mass is 35.5. The summed E-state index contributed by atoms with van der Waals surface area (Å²) >= 11 is 6.84. The van der Waals surface area contributed by atoms with E-state index in [9.17, 15) is 26.0 Å². The number of nitrogens with zero attached hydrogens (tertiary/aromatic N) is 1. The molecule has 35 heavy (non-hydrogen) atoms. The molecule has 5 nitrogen and oxygen atoms in total. The Balaban J connectivity index is 1.68. The van der Waals surface area contributed by atoms with Gasteiger partial charge in [-0.1, -0.05) is 23.7 Å². The van der Waals surface area contributed by atoms with Gasteiger partial charge in [0.1, 0.15) is 21.9 Å². The number of likely N-dealkylation sites (N-methyl/N-ethyl adjacent to an activating group) is 1. The number of aryl methyl sites for hydroxylation is 1. The second-order valence-corrected chi connectivity index (χ2v) is 11.9. The molecule has 0 spiro atoms. The van der Waals surface area contributed by atoms with E-state index in [1.807, 2.05) is 11.9 Å². The zero-order valence-corrected chi connectivity index (χ0v) is 21.0. The largest absolute Gasteiger partial charge is 0.488 e. The number of thiophene rings is 1. The van der Waals surface area contributed by atoms with Crippen molar-refractivity contribution in [3.63, 3.8) is 0 Å². The highest BCUT2D eigenvalue weighted by Crippen LogP contribution is 2.41. The van der Waals surface area contributed by atoms with Crippen LogP contribution in [0.4, 0.5) is 23.2 Å². The number of likely N-dealkylation sites (tertiary alicyclic amines) is 1. The Morgan fingerprint density at radius 2 is 1.91 bits per heavy atom. The molecule has 12 heteroatoms. The minimum atomic E-state index is -4.68. The molecule has 1 N–H and O–H groups in total. The van der Waals surface area contributed by atoms with Crippen molar-refractivity contribution in [3.8, 4) is 16.9 Å².